The fourth-order valence-corrected chi connectivity index (χ4v) is 8.34. The number of benzene rings is 1. The molecule has 2 saturated carbocycles. The fraction of sp³-hybridized carbons (Fsp3) is 0.429. The van der Waals surface area contributed by atoms with Gasteiger partial charge < -0.3 is 16.0 Å². The second-order valence-electron chi connectivity index (χ2n) is 13.9. The predicted octanol–water partition coefficient (Wildman–Crippen LogP) is 5.15. The molecule has 1 aromatic carbocycles. The second-order valence-corrected chi connectivity index (χ2v) is 14.7. The monoisotopic (exact) mass is 748 g/mol. The third-order valence-corrected chi connectivity index (χ3v) is 11.2. The molecule has 0 bridgehead atoms. The molecule has 3 N–H and O–H groups in total. The minimum absolute atomic E-state index is 0.0560. The smallest absolute Gasteiger partial charge is 0.262 e. The lowest BCUT2D eigenvalue weighted by Crippen LogP contribution is -2.49. The molecule has 1 saturated heterocycles. The highest BCUT2D eigenvalue weighted by Crippen LogP contribution is 2.68. The van der Waals surface area contributed by atoms with Gasteiger partial charge in [-0.15, -0.1) is 0 Å². The lowest BCUT2D eigenvalue weighted by molar-refractivity contribution is -0.155. The van der Waals surface area contributed by atoms with E-state index < -0.39 is 53.0 Å². The summed E-state index contributed by atoms with van der Waals surface area (Å²) in [5.74, 6) is -4.75. The van der Waals surface area contributed by atoms with E-state index in [1.165, 1.54) is 16.5 Å². The first-order chi connectivity index (χ1) is 23.6. The largest absolute Gasteiger partial charge is 0.369 e. The van der Waals surface area contributed by atoms with Crippen molar-refractivity contribution in [1.82, 2.24) is 29.6 Å². The Kier molecular flexibility index (Phi) is 8.11. The van der Waals surface area contributed by atoms with E-state index in [1.54, 1.807) is 50.5 Å². The number of amides is 3. The standard InChI is InChI=1S/C35H35BrF2N8O4/c1-18-5-8-27(36)42-30(18)43-31(49)25-12-33(17-34(32(39)50)9-4-10-35(34,37)38)13-26(33)46(25)28(48)16-45-24-7-6-21(22-14-40-20(3)41-15-22)11-23(24)29(44-45)19(2)47/h5-8,11,14-15,25-26H,4,9-10,12-13,16-17H2,1-3H3,(H2,39,50)(H,42,43,49)/t25-,26+,33-,34?/m0/s1. The van der Waals surface area contributed by atoms with Gasteiger partial charge in [0.15, 0.2) is 5.78 Å². The van der Waals surface area contributed by atoms with Gasteiger partial charge in [0.05, 0.1) is 5.52 Å². The number of rotatable bonds is 9. The molecule has 12 nitrogen and oxygen atoms in total. The Hall–Kier alpha value is -4.66. The first-order valence-corrected chi connectivity index (χ1v) is 17.2. The maximum Gasteiger partial charge on any atom is 0.262 e. The van der Waals surface area contributed by atoms with Crippen LogP contribution in [0.5, 0.6) is 0 Å². The molecule has 7 rings (SSSR count). The fourth-order valence-electron chi connectivity index (χ4n) is 8.03. The van der Waals surface area contributed by atoms with Gasteiger partial charge in [0.25, 0.3) is 5.92 Å². The number of halogens is 3. The van der Waals surface area contributed by atoms with Gasteiger partial charge in [0.2, 0.25) is 17.7 Å². The number of likely N-dealkylation sites (tertiary alicyclic amines) is 1. The quantitative estimate of drug-likeness (QED) is 0.175. The molecule has 3 aliphatic rings. The molecule has 1 aliphatic heterocycles. The summed E-state index contributed by atoms with van der Waals surface area (Å²) in [6.45, 7) is 4.62. The summed E-state index contributed by atoms with van der Waals surface area (Å²) >= 11 is 3.32. The van der Waals surface area contributed by atoms with Gasteiger partial charge in [-0.05, 0) is 96.6 Å². The molecule has 3 fully saturated rings. The normalized spacial score (nSPS) is 25.0. The van der Waals surface area contributed by atoms with Crippen LogP contribution in [-0.4, -0.2) is 71.1 Å². The van der Waals surface area contributed by atoms with E-state index in [-0.39, 0.29) is 43.7 Å². The van der Waals surface area contributed by atoms with E-state index in [0.29, 0.717) is 39.1 Å². The van der Waals surface area contributed by atoms with Crippen molar-refractivity contribution in [2.75, 3.05) is 5.32 Å². The first-order valence-electron chi connectivity index (χ1n) is 16.4. The molecule has 50 heavy (non-hydrogen) atoms. The average Bonchev–Trinajstić information content (AvgIpc) is 3.30. The summed E-state index contributed by atoms with van der Waals surface area (Å²) in [5, 5.41) is 7.87. The number of carbonyl (C=O) groups excluding carboxylic acids is 4. The number of nitrogens with two attached hydrogens (primary N) is 1. The highest BCUT2D eigenvalue weighted by atomic mass is 79.9. The minimum Gasteiger partial charge on any atom is -0.369 e. The van der Waals surface area contributed by atoms with Crippen molar-refractivity contribution in [1.29, 1.82) is 0 Å². The summed E-state index contributed by atoms with van der Waals surface area (Å²) in [6, 6.07) is 7.26. The van der Waals surface area contributed by atoms with Crippen LogP contribution in [0.15, 0.2) is 47.3 Å². The Morgan fingerprint density at radius 1 is 1.04 bits per heavy atom. The van der Waals surface area contributed by atoms with Gasteiger partial charge in [0, 0.05) is 42.7 Å². The van der Waals surface area contributed by atoms with Crippen molar-refractivity contribution in [2.24, 2.45) is 16.6 Å². The van der Waals surface area contributed by atoms with Gasteiger partial charge in [-0.1, -0.05) is 12.1 Å². The van der Waals surface area contributed by atoms with Crippen molar-refractivity contribution in [3.05, 3.63) is 64.4 Å². The predicted molar refractivity (Wildman–Crippen MR) is 182 cm³/mol. The Morgan fingerprint density at radius 2 is 1.78 bits per heavy atom. The van der Waals surface area contributed by atoms with E-state index in [1.807, 2.05) is 6.07 Å². The van der Waals surface area contributed by atoms with Crippen molar-refractivity contribution >= 4 is 56.2 Å². The van der Waals surface area contributed by atoms with E-state index in [0.717, 1.165) is 11.1 Å². The lowest BCUT2D eigenvalue weighted by atomic mass is 9.72. The minimum atomic E-state index is -3.30. The van der Waals surface area contributed by atoms with Gasteiger partial charge >= 0.3 is 0 Å². The molecule has 4 atom stereocenters. The number of aryl methyl sites for hydroxylation is 2. The maximum absolute atomic E-state index is 15.4. The third-order valence-electron chi connectivity index (χ3n) is 10.7. The van der Waals surface area contributed by atoms with Crippen LogP contribution >= 0.6 is 15.9 Å². The summed E-state index contributed by atoms with van der Waals surface area (Å²) in [5.41, 5.74) is 5.60. The van der Waals surface area contributed by atoms with Crippen LogP contribution in [0, 0.1) is 24.7 Å². The molecule has 3 amide bonds. The van der Waals surface area contributed by atoms with E-state index >= 15 is 8.78 Å². The van der Waals surface area contributed by atoms with Crippen molar-refractivity contribution in [3.8, 4) is 11.1 Å². The summed E-state index contributed by atoms with van der Waals surface area (Å²) in [6.07, 6.45) is 3.22. The van der Waals surface area contributed by atoms with E-state index in [9.17, 15) is 19.2 Å². The Morgan fingerprint density at radius 3 is 2.44 bits per heavy atom. The van der Waals surface area contributed by atoms with Crippen LogP contribution in [0.1, 0.15) is 67.3 Å². The molecule has 0 spiro atoms. The molecule has 260 valence electrons. The molecule has 1 unspecified atom stereocenters. The number of hydrogen-bond acceptors (Lipinski definition) is 8. The number of anilines is 1. The number of hydrogen-bond donors (Lipinski definition) is 2. The zero-order chi connectivity index (χ0) is 35.7. The zero-order valence-corrected chi connectivity index (χ0v) is 29.3. The van der Waals surface area contributed by atoms with Crippen molar-refractivity contribution in [3.63, 3.8) is 0 Å². The summed E-state index contributed by atoms with van der Waals surface area (Å²) in [7, 11) is 0. The number of nitrogens with zero attached hydrogens (tertiary/aromatic N) is 6. The van der Waals surface area contributed by atoms with Gasteiger partial charge in [-0.2, -0.15) is 5.10 Å². The second kappa shape index (κ2) is 12.0. The zero-order valence-electron chi connectivity index (χ0n) is 27.7. The number of nitrogens with one attached hydrogen (secondary N) is 1. The number of Topliss-reactive ketones (excluding diaryl/α,β-unsaturated/α-hetero) is 1. The van der Waals surface area contributed by atoms with E-state index in [2.05, 4.69) is 41.3 Å². The topological polar surface area (TPSA) is 166 Å². The highest BCUT2D eigenvalue weighted by molar-refractivity contribution is 9.10. The number of carbonyl (C=O) groups is 4. The molecular formula is C35H35BrF2N8O4. The number of aromatic nitrogens is 5. The number of piperidine rings is 1. The van der Waals surface area contributed by atoms with Crippen LogP contribution in [0.25, 0.3) is 22.0 Å². The molecular weight excluding hydrogens is 714 g/mol. The molecule has 4 aromatic rings. The highest BCUT2D eigenvalue weighted by Gasteiger charge is 2.73. The molecule has 3 aromatic heterocycles. The summed E-state index contributed by atoms with van der Waals surface area (Å²) < 4.78 is 32.7. The number of ketones is 1. The van der Waals surface area contributed by atoms with Crippen LogP contribution in [0.2, 0.25) is 0 Å². The number of fused-ring (bicyclic) bond motifs is 2. The Labute approximate surface area is 294 Å². The van der Waals surface area contributed by atoms with Crippen LogP contribution in [-0.2, 0) is 20.9 Å². The lowest BCUT2D eigenvalue weighted by Gasteiger charge is -2.35. The summed E-state index contributed by atoms with van der Waals surface area (Å²) in [4.78, 5) is 68.0. The third kappa shape index (κ3) is 5.55. The molecule has 2 aliphatic carbocycles. The van der Waals surface area contributed by atoms with Crippen LogP contribution < -0.4 is 11.1 Å². The van der Waals surface area contributed by atoms with Gasteiger partial charge in [0.1, 0.15) is 39.9 Å². The Balaban J connectivity index is 1.23. The first kappa shape index (κ1) is 33.8. The van der Waals surface area contributed by atoms with E-state index in [4.69, 9.17) is 5.73 Å². The molecule has 0 radical (unpaired) electrons. The number of primary amides is 1. The Bertz CT molecular complexity index is 2090. The van der Waals surface area contributed by atoms with Gasteiger partial charge in [-0.3, -0.25) is 23.9 Å². The van der Waals surface area contributed by atoms with Gasteiger partial charge in [-0.25, -0.2) is 23.7 Å². The van der Waals surface area contributed by atoms with Crippen molar-refractivity contribution in [2.45, 2.75) is 83.8 Å². The maximum atomic E-state index is 15.4. The van der Waals surface area contributed by atoms with Crippen LogP contribution in [0.4, 0.5) is 14.6 Å². The molecule has 15 heteroatoms. The SMILES string of the molecule is CC(=O)c1nn(CC(=O)N2[C@H](C(=O)Nc3nc(Br)ccc3C)C[C@@]3(CC4(C(N)=O)CCCC4(F)F)C[C@@H]23)c2ccc(-c3cnc(C)nc3)cc12. The number of alkyl halides is 2. The van der Waals surface area contributed by atoms with Crippen LogP contribution in [0.3, 0.4) is 0 Å². The number of pyridine rings is 1. The average molecular weight is 750 g/mol. The van der Waals surface area contributed by atoms with Crippen molar-refractivity contribution < 1.29 is 28.0 Å². The molecule has 4 heterocycles.